The molecular formula is C23H28N2O5S. The van der Waals surface area contributed by atoms with Crippen molar-refractivity contribution in [2.24, 2.45) is 5.92 Å². The summed E-state index contributed by atoms with van der Waals surface area (Å²) >= 11 is 0. The Labute approximate surface area is 183 Å². The molecule has 31 heavy (non-hydrogen) atoms. The van der Waals surface area contributed by atoms with Crippen LogP contribution in [0.25, 0.3) is 6.08 Å². The Morgan fingerprint density at radius 1 is 1.10 bits per heavy atom. The minimum absolute atomic E-state index is 0.0638. The highest BCUT2D eigenvalue weighted by molar-refractivity contribution is 7.92. The molecule has 0 bridgehead atoms. The molecule has 166 valence electrons. The third kappa shape index (κ3) is 6.83. The number of carbonyl (C=O) groups is 1. The van der Waals surface area contributed by atoms with Crippen molar-refractivity contribution >= 4 is 22.0 Å². The Morgan fingerprint density at radius 3 is 2.52 bits per heavy atom. The summed E-state index contributed by atoms with van der Waals surface area (Å²) in [6, 6.07) is 16.6. The number of hydrogen-bond donors (Lipinski definition) is 1. The molecule has 0 spiro atoms. The van der Waals surface area contributed by atoms with Gasteiger partial charge in [-0.2, -0.15) is 4.31 Å². The monoisotopic (exact) mass is 444 g/mol. The lowest BCUT2D eigenvalue weighted by atomic mass is 9.97. The van der Waals surface area contributed by atoms with Crippen LogP contribution in [-0.2, 0) is 14.8 Å². The van der Waals surface area contributed by atoms with Crippen LogP contribution in [0, 0.1) is 5.92 Å². The maximum atomic E-state index is 12.5. The second kappa shape index (κ2) is 11.0. The number of nitrogens with zero attached hydrogens (tertiary/aromatic N) is 1. The van der Waals surface area contributed by atoms with Gasteiger partial charge in [-0.05, 0) is 36.6 Å². The van der Waals surface area contributed by atoms with E-state index in [0.717, 1.165) is 5.56 Å². The quantitative estimate of drug-likeness (QED) is 0.601. The van der Waals surface area contributed by atoms with Gasteiger partial charge in [-0.3, -0.25) is 4.79 Å². The molecular weight excluding hydrogens is 416 g/mol. The zero-order chi connectivity index (χ0) is 22.1. The predicted octanol–water partition coefficient (Wildman–Crippen LogP) is 2.90. The van der Waals surface area contributed by atoms with Crippen molar-refractivity contribution in [2.75, 3.05) is 33.4 Å². The molecule has 7 nitrogen and oxygen atoms in total. The molecule has 0 atom stereocenters. The van der Waals surface area contributed by atoms with Crippen LogP contribution in [0.2, 0.25) is 0 Å². The topological polar surface area (TPSA) is 84.9 Å². The van der Waals surface area contributed by atoms with Crippen LogP contribution in [-0.4, -0.2) is 52.0 Å². The second-order valence-electron chi connectivity index (χ2n) is 7.25. The largest absolute Gasteiger partial charge is 0.497 e. The number of methoxy groups -OCH3 is 1. The molecule has 0 saturated carbocycles. The van der Waals surface area contributed by atoms with E-state index in [4.69, 9.17) is 9.47 Å². The highest BCUT2D eigenvalue weighted by Crippen LogP contribution is 2.21. The molecule has 1 amide bonds. The van der Waals surface area contributed by atoms with Crippen LogP contribution in [0.5, 0.6) is 11.5 Å². The highest BCUT2D eigenvalue weighted by Gasteiger charge is 2.29. The minimum Gasteiger partial charge on any atom is -0.497 e. The molecule has 1 saturated heterocycles. The summed E-state index contributed by atoms with van der Waals surface area (Å²) in [7, 11) is -1.90. The van der Waals surface area contributed by atoms with Gasteiger partial charge in [0, 0.05) is 30.5 Å². The van der Waals surface area contributed by atoms with E-state index in [0.29, 0.717) is 50.6 Å². The molecule has 3 rings (SSSR count). The summed E-state index contributed by atoms with van der Waals surface area (Å²) in [4.78, 5) is 12.4. The lowest BCUT2D eigenvalue weighted by Gasteiger charge is -2.29. The average molecular weight is 445 g/mol. The molecule has 0 aromatic heterocycles. The van der Waals surface area contributed by atoms with Gasteiger partial charge in [0.1, 0.15) is 18.1 Å². The van der Waals surface area contributed by atoms with E-state index in [-0.39, 0.29) is 11.8 Å². The molecule has 0 unspecified atom stereocenters. The molecule has 1 aliphatic rings. The summed E-state index contributed by atoms with van der Waals surface area (Å²) in [5.41, 5.74) is 0.830. The van der Waals surface area contributed by atoms with E-state index in [2.05, 4.69) is 5.32 Å². The molecule has 0 aliphatic carbocycles. The van der Waals surface area contributed by atoms with Crippen LogP contribution >= 0.6 is 0 Å². The first-order valence-electron chi connectivity index (χ1n) is 10.3. The van der Waals surface area contributed by atoms with Crippen LogP contribution < -0.4 is 14.8 Å². The smallest absolute Gasteiger partial charge is 0.236 e. The van der Waals surface area contributed by atoms with Gasteiger partial charge in [-0.25, -0.2) is 8.42 Å². The van der Waals surface area contributed by atoms with Gasteiger partial charge < -0.3 is 14.8 Å². The van der Waals surface area contributed by atoms with Gasteiger partial charge in [0.15, 0.2) is 0 Å². The molecule has 0 radical (unpaired) electrons. The van der Waals surface area contributed by atoms with Gasteiger partial charge in [-0.15, -0.1) is 0 Å². The first-order chi connectivity index (χ1) is 15.0. The summed E-state index contributed by atoms with van der Waals surface area (Å²) in [5, 5.41) is 4.11. The number of benzene rings is 2. The standard InChI is InChI=1S/C23H28N2O5S/c1-29-21-8-5-9-22(18-21)30-16-13-24-23(26)20-10-14-25(15-11-20)31(27,28)17-12-19-6-3-2-4-7-19/h2-9,12,17-18,20H,10-11,13-16H2,1H3,(H,24,26)/b17-12+. The lowest BCUT2D eigenvalue weighted by Crippen LogP contribution is -2.43. The summed E-state index contributed by atoms with van der Waals surface area (Å²) < 4.78 is 37.3. The lowest BCUT2D eigenvalue weighted by molar-refractivity contribution is -0.126. The third-order valence-electron chi connectivity index (χ3n) is 5.13. The molecule has 2 aromatic carbocycles. The molecule has 8 heteroatoms. The van der Waals surface area contributed by atoms with Crippen LogP contribution in [0.1, 0.15) is 18.4 Å². The summed E-state index contributed by atoms with van der Waals surface area (Å²) in [6.07, 6.45) is 2.60. The van der Waals surface area contributed by atoms with Gasteiger partial charge >= 0.3 is 0 Å². The Bertz CT molecular complexity index is 984. The van der Waals surface area contributed by atoms with Crippen molar-refractivity contribution in [1.29, 1.82) is 0 Å². The Hall–Kier alpha value is -2.84. The maximum Gasteiger partial charge on any atom is 0.236 e. The van der Waals surface area contributed by atoms with E-state index < -0.39 is 10.0 Å². The zero-order valence-electron chi connectivity index (χ0n) is 17.6. The molecule has 1 aliphatic heterocycles. The molecule has 1 fully saturated rings. The van der Waals surface area contributed by atoms with Crippen molar-refractivity contribution in [3.05, 3.63) is 65.6 Å². The third-order valence-corrected chi connectivity index (χ3v) is 6.69. The first kappa shape index (κ1) is 22.8. The van der Waals surface area contributed by atoms with Gasteiger partial charge in [0.25, 0.3) is 0 Å². The van der Waals surface area contributed by atoms with Crippen molar-refractivity contribution in [2.45, 2.75) is 12.8 Å². The number of carbonyl (C=O) groups excluding carboxylic acids is 1. The highest BCUT2D eigenvalue weighted by atomic mass is 32.2. The predicted molar refractivity (Wildman–Crippen MR) is 120 cm³/mol. The Morgan fingerprint density at radius 2 is 1.81 bits per heavy atom. The first-order valence-corrected chi connectivity index (χ1v) is 11.8. The number of hydrogen-bond acceptors (Lipinski definition) is 5. The van der Waals surface area contributed by atoms with Crippen LogP contribution in [0.4, 0.5) is 0 Å². The van der Waals surface area contributed by atoms with Crippen LogP contribution in [0.15, 0.2) is 60.0 Å². The normalized spacial score (nSPS) is 15.6. The van der Waals surface area contributed by atoms with Gasteiger partial charge in [0.2, 0.25) is 15.9 Å². The SMILES string of the molecule is COc1cccc(OCCNC(=O)C2CCN(S(=O)(=O)/C=C/c3ccccc3)CC2)c1. The van der Waals surface area contributed by atoms with E-state index in [9.17, 15) is 13.2 Å². The Balaban J connectivity index is 1.40. The molecule has 1 N–H and O–H groups in total. The average Bonchev–Trinajstić information content (AvgIpc) is 2.81. The summed E-state index contributed by atoms with van der Waals surface area (Å²) in [5.74, 6) is 1.13. The number of ether oxygens (including phenoxy) is 2. The zero-order valence-corrected chi connectivity index (χ0v) is 18.4. The number of sulfonamides is 1. The molecule has 1 heterocycles. The van der Waals surface area contributed by atoms with Gasteiger partial charge in [0.05, 0.1) is 13.7 Å². The number of rotatable bonds is 9. The van der Waals surface area contributed by atoms with Crippen molar-refractivity contribution in [1.82, 2.24) is 9.62 Å². The number of amides is 1. The van der Waals surface area contributed by atoms with E-state index in [1.54, 1.807) is 19.3 Å². The minimum atomic E-state index is -3.50. The van der Waals surface area contributed by atoms with Crippen molar-refractivity contribution < 1.29 is 22.7 Å². The van der Waals surface area contributed by atoms with Crippen LogP contribution in [0.3, 0.4) is 0 Å². The molecule has 2 aromatic rings. The Kier molecular flexibility index (Phi) is 8.08. The maximum absolute atomic E-state index is 12.5. The van der Waals surface area contributed by atoms with E-state index in [1.165, 1.54) is 9.71 Å². The van der Waals surface area contributed by atoms with E-state index in [1.807, 2.05) is 48.5 Å². The van der Waals surface area contributed by atoms with Crippen molar-refractivity contribution in [3.63, 3.8) is 0 Å². The van der Waals surface area contributed by atoms with Gasteiger partial charge in [-0.1, -0.05) is 36.4 Å². The van der Waals surface area contributed by atoms with Crippen molar-refractivity contribution in [3.8, 4) is 11.5 Å². The number of nitrogens with one attached hydrogen (secondary N) is 1. The fourth-order valence-electron chi connectivity index (χ4n) is 3.37. The fourth-order valence-corrected chi connectivity index (χ4v) is 4.59. The fraction of sp³-hybridized carbons (Fsp3) is 0.348. The van der Waals surface area contributed by atoms with E-state index >= 15 is 0 Å². The summed E-state index contributed by atoms with van der Waals surface area (Å²) in [6.45, 7) is 1.39. The second-order valence-corrected chi connectivity index (χ2v) is 9.07. The number of piperidine rings is 1.